The van der Waals surface area contributed by atoms with E-state index in [0.29, 0.717) is 0 Å². The van der Waals surface area contributed by atoms with Crippen LogP contribution in [0.3, 0.4) is 0 Å². The van der Waals surface area contributed by atoms with Crippen molar-refractivity contribution < 1.29 is 14.7 Å². The number of carboxylic acids is 1. The van der Waals surface area contributed by atoms with Crippen molar-refractivity contribution in [2.75, 3.05) is 5.32 Å². The van der Waals surface area contributed by atoms with Gasteiger partial charge in [0.25, 0.3) is 0 Å². The summed E-state index contributed by atoms with van der Waals surface area (Å²) in [6.45, 7) is 3.88. The summed E-state index contributed by atoms with van der Waals surface area (Å²) in [4.78, 5) is 24.1. The minimum atomic E-state index is -0.867. The van der Waals surface area contributed by atoms with Gasteiger partial charge in [-0.05, 0) is 43.2 Å². The van der Waals surface area contributed by atoms with Crippen LogP contribution in [0.4, 0.5) is 5.69 Å². The Kier molecular flexibility index (Phi) is 3.32. The van der Waals surface area contributed by atoms with Crippen molar-refractivity contribution in [3.8, 4) is 0 Å². The number of hydrogen-bond donors (Lipinski definition) is 2. The van der Waals surface area contributed by atoms with E-state index in [9.17, 15) is 14.7 Å². The second kappa shape index (κ2) is 5.02. The Bertz CT molecular complexity index is 615. The van der Waals surface area contributed by atoms with Crippen molar-refractivity contribution in [1.82, 2.24) is 0 Å². The van der Waals surface area contributed by atoms with E-state index >= 15 is 0 Å². The number of amides is 1. The lowest BCUT2D eigenvalue weighted by Crippen LogP contribution is -2.36. The minimum absolute atomic E-state index is 0.00113. The average Bonchev–Trinajstić information content (AvgIpc) is 3.03. The maximum absolute atomic E-state index is 12.6. The van der Waals surface area contributed by atoms with E-state index in [1.807, 2.05) is 44.2 Å². The molecule has 1 fully saturated rings. The predicted molar refractivity (Wildman–Crippen MR) is 79.9 cm³/mol. The van der Waals surface area contributed by atoms with E-state index in [0.717, 1.165) is 23.2 Å². The van der Waals surface area contributed by atoms with Crippen LogP contribution >= 0.6 is 0 Å². The summed E-state index contributed by atoms with van der Waals surface area (Å²) < 4.78 is 0. The SMILES string of the molecule is Cc1cccc(C)c1NC(=O)[C@H]1C2C=CC(C2)[C@H]1C(=O)O. The fourth-order valence-corrected chi connectivity index (χ4v) is 3.73. The van der Waals surface area contributed by atoms with Gasteiger partial charge in [0.1, 0.15) is 0 Å². The molecular weight excluding hydrogens is 266 g/mol. The molecule has 0 heterocycles. The number of carbonyl (C=O) groups excluding carboxylic acids is 1. The summed E-state index contributed by atoms with van der Waals surface area (Å²) in [7, 11) is 0. The molecule has 1 aromatic carbocycles. The predicted octanol–water partition coefficient (Wildman–Crippen LogP) is 2.76. The second-order valence-electron chi connectivity index (χ2n) is 6.09. The third kappa shape index (κ3) is 2.24. The number of para-hydroxylation sites is 1. The van der Waals surface area contributed by atoms with Gasteiger partial charge in [-0.25, -0.2) is 0 Å². The third-order valence-corrected chi connectivity index (χ3v) is 4.78. The normalized spacial score (nSPS) is 29.6. The molecule has 0 aliphatic heterocycles. The first-order valence-electron chi connectivity index (χ1n) is 7.27. The Balaban J connectivity index is 1.85. The van der Waals surface area contributed by atoms with Crippen LogP contribution in [0, 0.1) is 37.5 Å². The third-order valence-electron chi connectivity index (χ3n) is 4.78. The van der Waals surface area contributed by atoms with Crippen LogP contribution in [-0.4, -0.2) is 17.0 Å². The molecule has 2 aliphatic carbocycles. The van der Waals surface area contributed by atoms with E-state index in [-0.39, 0.29) is 17.7 Å². The van der Waals surface area contributed by atoms with Crippen molar-refractivity contribution in [1.29, 1.82) is 0 Å². The number of fused-ring (bicyclic) bond motifs is 2. The first-order valence-corrected chi connectivity index (χ1v) is 7.27. The second-order valence-corrected chi connectivity index (χ2v) is 6.09. The monoisotopic (exact) mass is 285 g/mol. The smallest absolute Gasteiger partial charge is 0.307 e. The first kappa shape index (κ1) is 13.9. The van der Waals surface area contributed by atoms with Crippen LogP contribution in [0.15, 0.2) is 30.4 Å². The zero-order valence-corrected chi connectivity index (χ0v) is 12.2. The molecule has 1 saturated carbocycles. The molecule has 0 saturated heterocycles. The maximum atomic E-state index is 12.6. The number of hydrogen-bond acceptors (Lipinski definition) is 2. The van der Waals surface area contributed by atoms with E-state index < -0.39 is 17.8 Å². The van der Waals surface area contributed by atoms with Gasteiger partial charge in [0, 0.05) is 5.69 Å². The number of aryl methyl sites for hydroxylation is 2. The molecular formula is C17H19NO3. The molecule has 0 spiro atoms. The number of benzene rings is 1. The quantitative estimate of drug-likeness (QED) is 0.839. The van der Waals surface area contributed by atoms with E-state index in [1.165, 1.54) is 0 Å². The molecule has 4 atom stereocenters. The van der Waals surface area contributed by atoms with Crippen LogP contribution in [0.5, 0.6) is 0 Å². The lowest BCUT2D eigenvalue weighted by Gasteiger charge is -2.24. The number of rotatable bonds is 3. The fourth-order valence-electron chi connectivity index (χ4n) is 3.73. The van der Waals surface area contributed by atoms with E-state index in [2.05, 4.69) is 5.32 Å². The highest BCUT2D eigenvalue weighted by Crippen LogP contribution is 2.48. The molecule has 1 amide bonds. The topological polar surface area (TPSA) is 66.4 Å². The minimum Gasteiger partial charge on any atom is -0.481 e. The van der Waals surface area contributed by atoms with Crippen LogP contribution in [0.25, 0.3) is 0 Å². The zero-order valence-electron chi connectivity index (χ0n) is 12.2. The summed E-state index contributed by atoms with van der Waals surface area (Å²) in [5.41, 5.74) is 2.79. The molecule has 21 heavy (non-hydrogen) atoms. The molecule has 0 aromatic heterocycles. The van der Waals surface area contributed by atoms with Crippen LogP contribution in [0.2, 0.25) is 0 Å². The van der Waals surface area contributed by atoms with Gasteiger partial charge in [-0.3, -0.25) is 9.59 Å². The number of anilines is 1. The molecule has 2 N–H and O–H groups in total. The molecule has 4 nitrogen and oxygen atoms in total. The van der Waals surface area contributed by atoms with Crippen LogP contribution < -0.4 is 5.32 Å². The molecule has 2 unspecified atom stereocenters. The summed E-state index contributed by atoms with van der Waals surface area (Å²) in [5.74, 6) is -2.03. The summed E-state index contributed by atoms with van der Waals surface area (Å²) >= 11 is 0. The standard InChI is InChI=1S/C17H19NO3/c1-9-4-3-5-10(2)15(9)18-16(19)13-11-6-7-12(8-11)14(13)17(20)21/h3-7,11-14H,8H2,1-2H3,(H,18,19)(H,20,21)/t11?,12?,13-,14+/m0/s1. The number of aliphatic carboxylic acids is 1. The van der Waals surface area contributed by atoms with E-state index in [1.54, 1.807) is 0 Å². The van der Waals surface area contributed by atoms with Crippen molar-refractivity contribution in [2.24, 2.45) is 23.7 Å². The number of allylic oxidation sites excluding steroid dienone is 2. The lowest BCUT2D eigenvalue weighted by molar-refractivity contribution is -0.146. The molecule has 4 heteroatoms. The highest BCUT2D eigenvalue weighted by Gasteiger charge is 2.51. The van der Waals surface area contributed by atoms with Gasteiger partial charge < -0.3 is 10.4 Å². The van der Waals surface area contributed by atoms with Gasteiger partial charge in [0.05, 0.1) is 11.8 Å². The summed E-state index contributed by atoms with van der Waals surface area (Å²) in [6, 6.07) is 5.83. The molecule has 2 bridgehead atoms. The Labute approximate surface area is 123 Å². The molecule has 110 valence electrons. The Morgan fingerprint density at radius 3 is 2.24 bits per heavy atom. The summed E-state index contributed by atoms with van der Waals surface area (Å²) in [6.07, 6.45) is 4.73. The van der Waals surface area contributed by atoms with Gasteiger partial charge in [-0.15, -0.1) is 0 Å². The highest BCUT2D eigenvalue weighted by atomic mass is 16.4. The van der Waals surface area contributed by atoms with Crippen LogP contribution in [0.1, 0.15) is 17.5 Å². The largest absolute Gasteiger partial charge is 0.481 e. The Hall–Kier alpha value is -2.10. The first-order chi connectivity index (χ1) is 9.99. The van der Waals surface area contributed by atoms with Gasteiger partial charge in [0.2, 0.25) is 5.91 Å². The van der Waals surface area contributed by atoms with Crippen molar-refractivity contribution >= 4 is 17.6 Å². The van der Waals surface area contributed by atoms with Crippen molar-refractivity contribution in [3.63, 3.8) is 0 Å². The van der Waals surface area contributed by atoms with Crippen molar-refractivity contribution in [2.45, 2.75) is 20.3 Å². The molecule has 3 rings (SSSR count). The fraction of sp³-hybridized carbons (Fsp3) is 0.412. The Morgan fingerprint density at radius 2 is 1.67 bits per heavy atom. The average molecular weight is 285 g/mol. The molecule has 1 aromatic rings. The number of carboxylic acid groups (broad SMARTS) is 1. The van der Waals surface area contributed by atoms with E-state index in [4.69, 9.17) is 0 Å². The molecule has 0 radical (unpaired) electrons. The van der Waals surface area contributed by atoms with Crippen molar-refractivity contribution in [3.05, 3.63) is 41.5 Å². The Morgan fingerprint density at radius 1 is 1.10 bits per heavy atom. The maximum Gasteiger partial charge on any atom is 0.307 e. The van der Waals surface area contributed by atoms with Gasteiger partial charge >= 0.3 is 5.97 Å². The molecule has 2 aliphatic rings. The number of carbonyl (C=O) groups is 2. The van der Waals surface area contributed by atoms with Gasteiger partial charge in [-0.2, -0.15) is 0 Å². The van der Waals surface area contributed by atoms with Gasteiger partial charge in [-0.1, -0.05) is 30.4 Å². The highest BCUT2D eigenvalue weighted by molar-refractivity contribution is 5.97. The summed E-state index contributed by atoms with van der Waals surface area (Å²) in [5, 5.41) is 12.4. The zero-order chi connectivity index (χ0) is 15.1. The number of nitrogens with one attached hydrogen (secondary N) is 1. The van der Waals surface area contributed by atoms with Gasteiger partial charge in [0.15, 0.2) is 0 Å². The van der Waals surface area contributed by atoms with Crippen LogP contribution in [-0.2, 0) is 9.59 Å². The lowest BCUT2D eigenvalue weighted by atomic mass is 9.82.